The Morgan fingerprint density at radius 2 is 1.83 bits per heavy atom. The molecule has 2 aromatic rings. The molecule has 8 heteroatoms. The highest BCUT2D eigenvalue weighted by molar-refractivity contribution is 6.05. The summed E-state index contributed by atoms with van der Waals surface area (Å²) < 4.78 is 29.5. The number of carbonyl (C=O) groups excluding carboxylic acids is 2. The number of hydrogen-bond donors (Lipinski definition) is 2. The molecule has 6 nitrogen and oxygen atoms in total. The van der Waals surface area contributed by atoms with Crippen LogP contribution in [0.15, 0.2) is 48.5 Å². The Hall–Kier alpha value is -3.42. The van der Waals surface area contributed by atoms with Gasteiger partial charge in [-0.05, 0) is 49.6 Å². The summed E-state index contributed by atoms with van der Waals surface area (Å²) in [5.74, 6) is -1.09. The maximum absolute atomic E-state index is 12.5. The molecular weight excluding hydrogens is 392 g/mol. The highest BCUT2D eigenvalue weighted by Crippen LogP contribution is 2.30. The molecule has 0 atom stereocenters. The van der Waals surface area contributed by atoms with Gasteiger partial charge in [0.05, 0.1) is 11.4 Å². The molecule has 1 saturated heterocycles. The molecule has 1 heterocycles. The molecule has 1 fully saturated rings. The smallest absolute Gasteiger partial charge is 0.387 e. The summed E-state index contributed by atoms with van der Waals surface area (Å²) in [7, 11) is 0. The molecule has 3 rings (SSSR count). The van der Waals surface area contributed by atoms with Crippen molar-refractivity contribution in [2.75, 3.05) is 23.3 Å². The SMILES string of the molecule is NC(=O)c1ccc(N2CCCCC2)c(NC(=O)/C=C/c2ccccc2OC(F)F)c1. The summed E-state index contributed by atoms with van der Waals surface area (Å²) in [6.45, 7) is -1.25. The number of anilines is 2. The Balaban J connectivity index is 1.81. The van der Waals surface area contributed by atoms with E-state index in [1.54, 1.807) is 36.4 Å². The van der Waals surface area contributed by atoms with Crippen LogP contribution in [-0.4, -0.2) is 31.5 Å². The lowest BCUT2D eigenvalue weighted by Gasteiger charge is -2.30. The number of halogens is 2. The van der Waals surface area contributed by atoms with E-state index in [1.165, 1.54) is 18.2 Å². The second kappa shape index (κ2) is 9.87. The molecule has 2 aromatic carbocycles. The van der Waals surface area contributed by atoms with Gasteiger partial charge in [-0.3, -0.25) is 9.59 Å². The Labute approximate surface area is 173 Å². The highest BCUT2D eigenvalue weighted by Gasteiger charge is 2.17. The maximum Gasteiger partial charge on any atom is 0.387 e. The zero-order chi connectivity index (χ0) is 21.5. The molecular formula is C22H23F2N3O3. The second-order valence-electron chi connectivity index (χ2n) is 6.88. The zero-order valence-corrected chi connectivity index (χ0v) is 16.3. The topological polar surface area (TPSA) is 84.7 Å². The predicted molar refractivity (Wildman–Crippen MR) is 112 cm³/mol. The number of alkyl halides is 2. The van der Waals surface area contributed by atoms with Crippen LogP contribution in [0.4, 0.5) is 20.2 Å². The zero-order valence-electron chi connectivity index (χ0n) is 16.3. The van der Waals surface area contributed by atoms with Crippen molar-refractivity contribution in [3.8, 4) is 5.75 Å². The van der Waals surface area contributed by atoms with Crippen molar-refractivity contribution < 1.29 is 23.1 Å². The fraction of sp³-hybridized carbons (Fsp3) is 0.273. The van der Waals surface area contributed by atoms with Crippen LogP contribution in [0.5, 0.6) is 5.75 Å². The first-order valence-electron chi connectivity index (χ1n) is 9.66. The van der Waals surface area contributed by atoms with E-state index in [2.05, 4.69) is 15.0 Å². The van der Waals surface area contributed by atoms with Crippen LogP contribution in [0.25, 0.3) is 6.08 Å². The largest absolute Gasteiger partial charge is 0.434 e. The lowest BCUT2D eigenvalue weighted by Crippen LogP contribution is -2.30. The molecule has 1 aliphatic rings. The number of piperidine rings is 1. The van der Waals surface area contributed by atoms with E-state index in [0.29, 0.717) is 11.3 Å². The van der Waals surface area contributed by atoms with E-state index in [9.17, 15) is 18.4 Å². The van der Waals surface area contributed by atoms with Crippen LogP contribution in [0.1, 0.15) is 35.2 Å². The number of primary amides is 1. The number of ether oxygens (including phenoxy) is 1. The summed E-state index contributed by atoms with van der Waals surface area (Å²) >= 11 is 0. The molecule has 30 heavy (non-hydrogen) atoms. The number of rotatable bonds is 7. The van der Waals surface area contributed by atoms with Crippen molar-refractivity contribution in [1.82, 2.24) is 0 Å². The first-order valence-corrected chi connectivity index (χ1v) is 9.66. The van der Waals surface area contributed by atoms with Crippen molar-refractivity contribution in [2.24, 2.45) is 5.73 Å². The normalized spacial score (nSPS) is 14.2. The van der Waals surface area contributed by atoms with E-state index >= 15 is 0 Å². The molecule has 3 N–H and O–H groups in total. The number of hydrogen-bond acceptors (Lipinski definition) is 4. The van der Waals surface area contributed by atoms with Gasteiger partial charge >= 0.3 is 6.61 Å². The molecule has 0 saturated carbocycles. The summed E-state index contributed by atoms with van der Waals surface area (Å²) in [6, 6.07) is 11.1. The Morgan fingerprint density at radius 3 is 2.53 bits per heavy atom. The Bertz CT molecular complexity index is 941. The average molecular weight is 415 g/mol. The minimum Gasteiger partial charge on any atom is -0.434 e. The minimum atomic E-state index is -2.96. The number of nitrogens with one attached hydrogen (secondary N) is 1. The number of nitrogens with two attached hydrogens (primary N) is 1. The van der Waals surface area contributed by atoms with Gasteiger partial charge in [-0.2, -0.15) is 8.78 Å². The standard InChI is InChI=1S/C22H23F2N3O3/c23-22(24)30-19-7-3-2-6-15(19)9-11-20(28)26-17-14-16(21(25)29)8-10-18(17)27-12-4-1-5-13-27/h2-3,6-11,14,22H,1,4-5,12-13H2,(H2,25,29)(H,26,28)/b11-9+. The number of nitrogens with zero attached hydrogens (tertiary/aromatic N) is 1. The number of para-hydroxylation sites is 1. The third-order valence-corrected chi connectivity index (χ3v) is 4.79. The van der Waals surface area contributed by atoms with Gasteiger partial charge in [-0.15, -0.1) is 0 Å². The molecule has 1 aliphatic heterocycles. The van der Waals surface area contributed by atoms with Crippen LogP contribution < -0.4 is 20.7 Å². The van der Waals surface area contributed by atoms with Gasteiger partial charge in [0.15, 0.2) is 0 Å². The van der Waals surface area contributed by atoms with Gasteiger partial charge in [0, 0.05) is 30.3 Å². The molecule has 158 valence electrons. The van der Waals surface area contributed by atoms with E-state index in [4.69, 9.17) is 5.73 Å². The number of benzene rings is 2. The third kappa shape index (κ3) is 5.56. The van der Waals surface area contributed by atoms with Crippen molar-refractivity contribution in [3.63, 3.8) is 0 Å². The summed E-state index contributed by atoms with van der Waals surface area (Å²) in [6.07, 6.45) is 5.87. The van der Waals surface area contributed by atoms with E-state index in [0.717, 1.165) is 38.0 Å². The first kappa shape index (κ1) is 21.3. The van der Waals surface area contributed by atoms with Crippen LogP contribution in [0.2, 0.25) is 0 Å². The van der Waals surface area contributed by atoms with Gasteiger partial charge in [0.1, 0.15) is 5.75 Å². The third-order valence-electron chi connectivity index (χ3n) is 4.79. The van der Waals surface area contributed by atoms with Gasteiger partial charge in [-0.1, -0.05) is 18.2 Å². The molecule has 0 aromatic heterocycles. The lowest BCUT2D eigenvalue weighted by molar-refractivity contribution is -0.111. The van der Waals surface area contributed by atoms with Crippen molar-refractivity contribution in [2.45, 2.75) is 25.9 Å². The van der Waals surface area contributed by atoms with Gasteiger partial charge in [-0.25, -0.2) is 0 Å². The maximum atomic E-state index is 12.5. The highest BCUT2D eigenvalue weighted by atomic mass is 19.3. The van der Waals surface area contributed by atoms with E-state index in [1.807, 2.05) is 0 Å². The van der Waals surface area contributed by atoms with Crippen molar-refractivity contribution in [3.05, 3.63) is 59.7 Å². The molecule has 2 amide bonds. The second-order valence-corrected chi connectivity index (χ2v) is 6.88. The quantitative estimate of drug-likeness (QED) is 0.669. The molecule has 0 aliphatic carbocycles. The minimum absolute atomic E-state index is 0.0266. The average Bonchev–Trinajstić information content (AvgIpc) is 2.73. The molecule has 0 radical (unpaired) electrons. The summed E-state index contributed by atoms with van der Waals surface area (Å²) in [5, 5.41) is 2.77. The van der Waals surface area contributed by atoms with Gasteiger partial charge in [0.2, 0.25) is 11.8 Å². The van der Waals surface area contributed by atoms with Crippen molar-refractivity contribution >= 4 is 29.3 Å². The van der Waals surface area contributed by atoms with Gasteiger partial charge in [0.25, 0.3) is 0 Å². The fourth-order valence-electron chi connectivity index (χ4n) is 3.36. The molecule has 0 spiro atoms. The molecule has 0 bridgehead atoms. The van der Waals surface area contributed by atoms with Crippen LogP contribution >= 0.6 is 0 Å². The van der Waals surface area contributed by atoms with Crippen LogP contribution in [-0.2, 0) is 4.79 Å². The van der Waals surface area contributed by atoms with Gasteiger partial charge < -0.3 is 20.7 Å². The lowest BCUT2D eigenvalue weighted by atomic mass is 10.1. The first-order chi connectivity index (χ1) is 14.4. The molecule has 0 unspecified atom stereocenters. The van der Waals surface area contributed by atoms with E-state index in [-0.39, 0.29) is 11.3 Å². The van der Waals surface area contributed by atoms with Crippen LogP contribution in [0, 0.1) is 0 Å². The van der Waals surface area contributed by atoms with Crippen molar-refractivity contribution in [1.29, 1.82) is 0 Å². The van der Waals surface area contributed by atoms with Crippen LogP contribution in [0.3, 0.4) is 0 Å². The number of amides is 2. The summed E-state index contributed by atoms with van der Waals surface area (Å²) in [5.41, 5.74) is 7.28. The Morgan fingerprint density at radius 1 is 1.10 bits per heavy atom. The van der Waals surface area contributed by atoms with E-state index < -0.39 is 18.4 Å². The predicted octanol–water partition coefficient (Wildman–Crippen LogP) is 4.03. The monoisotopic (exact) mass is 415 g/mol. The summed E-state index contributed by atoms with van der Waals surface area (Å²) in [4.78, 5) is 26.2. The number of carbonyl (C=O) groups is 2. The fourth-order valence-corrected chi connectivity index (χ4v) is 3.36. The Kier molecular flexibility index (Phi) is 7.00.